The van der Waals surface area contributed by atoms with Crippen molar-refractivity contribution in [3.8, 4) is 0 Å². The van der Waals surface area contributed by atoms with Gasteiger partial charge in [-0.3, -0.25) is 0 Å². The van der Waals surface area contributed by atoms with Gasteiger partial charge in [-0.2, -0.15) is 0 Å². The quantitative estimate of drug-likeness (QED) is 0.877. The van der Waals surface area contributed by atoms with Gasteiger partial charge in [-0.15, -0.1) is 11.3 Å². The van der Waals surface area contributed by atoms with Crippen molar-refractivity contribution in [2.75, 3.05) is 7.05 Å². The van der Waals surface area contributed by atoms with Crippen LogP contribution in [0.1, 0.15) is 42.5 Å². The Morgan fingerprint density at radius 2 is 2.00 bits per heavy atom. The molecule has 0 bridgehead atoms. The molecule has 2 aromatic rings. The first-order chi connectivity index (χ1) is 9.88. The Balaban J connectivity index is 1.79. The molecule has 0 saturated heterocycles. The first-order valence-corrected chi connectivity index (χ1v) is 8.45. The molecule has 1 N–H and O–H groups in total. The van der Waals surface area contributed by atoms with Gasteiger partial charge in [0.1, 0.15) is 0 Å². The van der Waals surface area contributed by atoms with Gasteiger partial charge in [0.05, 0.1) is 12.7 Å². The van der Waals surface area contributed by atoms with E-state index in [0.717, 1.165) is 13.2 Å². The van der Waals surface area contributed by atoms with Crippen molar-refractivity contribution >= 4 is 21.4 Å². The van der Waals surface area contributed by atoms with Gasteiger partial charge in [0, 0.05) is 21.7 Å². The summed E-state index contributed by atoms with van der Waals surface area (Å²) in [4.78, 5) is 1.42. The van der Waals surface area contributed by atoms with Crippen LogP contribution in [0, 0.1) is 0 Å². The van der Waals surface area contributed by atoms with Gasteiger partial charge in [0.25, 0.3) is 0 Å². The van der Waals surface area contributed by atoms with Gasteiger partial charge >= 0.3 is 0 Å². The minimum absolute atomic E-state index is 0.477. The second-order valence-corrected chi connectivity index (χ2v) is 6.74. The third-order valence-electron chi connectivity index (χ3n) is 4.13. The predicted molar refractivity (Wildman–Crippen MR) is 86.3 cm³/mol. The Morgan fingerprint density at radius 1 is 1.20 bits per heavy atom. The topological polar surface area (TPSA) is 21.3 Å². The summed E-state index contributed by atoms with van der Waals surface area (Å²) < 4.78 is 7.58. The Morgan fingerprint density at radius 3 is 2.80 bits per heavy atom. The van der Waals surface area contributed by atoms with E-state index in [9.17, 15) is 0 Å². The van der Waals surface area contributed by atoms with E-state index in [0.29, 0.717) is 6.10 Å². The second-order valence-electron chi connectivity index (χ2n) is 5.60. The van der Waals surface area contributed by atoms with Gasteiger partial charge in [-0.1, -0.05) is 37.5 Å². The molecule has 1 aliphatic carbocycles. The van der Waals surface area contributed by atoms with Crippen molar-refractivity contribution in [2.45, 2.75) is 51.4 Å². The molecule has 1 saturated carbocycles. The van der Waals surface area contributed by atoms with Crippen LogP contribution in [0.5, 0.6) is 0 Å². The lowest BCUT2D eigenvalue weighted by atomic mass is 9.98. The molecular formula is C17H23NOS. The molecule has 1 aliphatic rings. The molecule has 0 aliphatic heterocycles. The summed E-state index contributed by atoms with van der Waals surface area (Å²) in [5.74, 6) is 0. The van der Waals surface area contributed by atoms with Gasteiger partial charge in [-0.25, -0.2) is 0 Å². The average Bonchev–Trinajstić information content (AvgIpc) is 2.84. The van der Waals surface area contributed by atoms with Crippen LogP contribution in [0.2, 0.25) is 0 Å². The number of hydrogen-bond acceptors (Lipinski definition) is 3. The van der Waals surface area contributed by atoms with Crippen LogP contribution < -0.4 is 5.32 Å². The van der Waals surface area contributed by atoms with Crippen molar-refractivity contribution in [3.63, 3.8) is 0 Å². The maximum atomic E-state index is 6.20. The number of hydrogen-bond donors (Lipinski definition) is 1. The smallest absolute Gasteiger partial charge is 0.0738 e. The zero-order chi connectivity index (χ0) is 13.8. The summed E-state index contributed by atoms with van der Waals surface area (Å²) in [6, 6.07) is 8.68. The molecule has 1 fully saturated rings. The average molecular weight is 289 g/mol. The first kappa shape index (κ1) is 14.1. The Bertz CT molecular complexity index is 557. The predicted octanol–water partition coefficient (Wildman–Crippen LogP) is 4.47. The Kier molecular flexibility index (Phi) is 4.71. The van der Waals surface area contributed by atoms with E-state index in [1.165, 1.54) is 52.6 Å². The molecule has 3 rings (SSSR count). The van der Waals surface area contributed by atoms with Crippen LogP contribution in [0.15, 0.2) is 24.3 Å². The highest BCUT2D eigenvalue weighted by atomic mass is 32.1. The fourth-order valence-corrected chi connectivity index (χ4v) is 4.27. The van der Waals surface area contributed by atoms with Gasteiger partial charge < -0.3 is 10.1 Å². The lowest BCUT2D eigenvalue weighted by Gasteiger charge is -2.22. The molecular weight excluding hydrogens is 266 g/mol. The summed E-state index contributed by atoms with van der Waals surface area (Å²) in [7, 11) is 2.01. The van der Waals surface area contributed by atoms with Crippen molar-refractivity contribution in [1.82, 2.24) is 5.32 Å². The lowest BCUT2D eigenvalue weighted by molar-refractivity contribution is 0.0172. The van der Waals surface area contributed by atoms with Gasteiger partial charge in [0.15, 0.2) is 0 Å². The maximum absolute atomic E-state index is 6.20. The van der Waals surface area contributed by atoms with Crippen molar-refractivity contribution in [2.24, 2.45) is 0 Å². The van der Waals surface area contributed by atoms with E-state index in [-0.39, 0.29) is 0 Å². The molecule has 1 aromatic heterocycles. The van der Waals surface area contributed by atoms with Gasteiger partial charge in [-0.05, 0) is 31.3 Å². The molecule has 20 heavy (non-hydrogen) atoms. The highest BCUT2D eigenvalue weighted by molar-refractivity contribution is 7.19. The van der Waals surface area contributed by atoms with E-state index in [4.69, 9.17) is 4.74 Å². The van der Waals surface area contributed by atoms with E-state index in [2.05, 4.69) is 29.6 Å². The van der Waals surface area contributed by atoms with Crippen LogP contribution >= 0.6 is 11.3 Å². The number of thiophene rings is 1. The second kappa shape index (κ2) is 6.70. The Hall–Kier alpha value is -0.900. The number of benzene rings is 1. The molecule has 0 spiro atoms. The van der Waals surface area contributed by atoms with E-state index in [1.807, 2.05) is 18.4 Å². The number of ether oxygens (including phenoxy) is 1. The summed E-state index contributed by atoms with van der Waals surface area (Å²) in [6.07, 6.45) is 7.00. The molecule has 1 heterocycles. The molecule has 0 radical (unpaired) electrons. The fraction of sp³-hybridized carbons (Fsp3) is 0.529. The maximum Gasteiger partial charge on any atom is 0.0738 e. The monoisotopic (exact) mass is 289 g/mol. The van der Waals surface area contributed by atoms with Crippen molar-refractivity contribution in [3.05, 3.63) is 34.7 Å². The number of nitrogens with one attached hydrogen (secondary N) is 1. The third-order valence-corrected chi connectivity index (χ3v) is 5.35. The summed E-state index contributed by atoms with van der Waals surface area (Å²) in [5, 5.41) is 4.65. The largest absolute Gasteiger partial charge is 0.373 e. The molecule has 0 unspecified atom stereocenters. The van der Waals surface area contributed by atoms with Crippen molar-refractivity contribution < 1.29 is 4.74 Å². The fourth-order valence-electron chi connectivity index (χ4n) is 3.04. The normalized spacial score (nSPS) is 16.9. The van der Waals surface area contributed by atoms with E-state index in [1.54, 1.807) is 0 Å². The summed E-state index contributed by atoms with van der Waals surface area (Å²) in [5.41, 5.74) is 1.39. The minimum atomic E-state index is 0.477. The summed E-state index contributed by atoms with van der Waals surface area (Å²) >= 11 is 1.89. The molecule has 2 nitrogen and oxygen atoms in total. The Labute approximate surface area is 125 Å². The van der Waals surface area contributed by atoms with Crippen LogP contribution in [0.4, 0.5) is 0 Å². The lowest BCUT2D eigenvalue weighted by Crippen LogP contribution is -2.17. The van der Waals surface area contributed by atoms with Crippen LogP contribution in [0.3, 0.4) is 0 Å². The van der Waals surface area contributed by atoms with Gasteiger partial charge in [0.2, 0.25) is 0 Å². The highest BCUT2D eigenvalue weighted by Crippen LogP contribution is 2.32. The van der Waals surface area contributed by atoms with Crippen LogP contribution in [0.25, 0.3) is 10.1 Å². The standard InChI is InChI=1S/C17H23NOS/c1-18-11-17-15(12-19-13-7-3-2-4-8-13)14-9-5-6-10-16(14)20-17/h5-6,9-10,13,18H,2-4,7-8,11-12H2,1H3. The molecule has 3 heteroatoms. The first-order valence-electron chi connectivity index (χ1n) is 7.64. The minimum Gasteiger partial charge on any atom is -0.373 e. The molecule has 0 amide bonds. The van der Waals surface area contributed by atoms with E-state index < -0.39 is 0 Å². The SMILES string of the molecule is CNCc1sc2ccccc2c1COC1CCCCC1. The number of rotatable bonds is 5. The van der Waals surface area contributed by atoms with Crippen molar-refractivity contribution in [1.29, 1.82) is 0 Å². The highest BCUT2D eigenvalue weighted by Gasteiger charge is 2.16. The summed E-state index contributed by atoms with van der Waals surface area (Å²) in [6.45, 7) is 1.70. The number of fused-ring (bicyclic) bond motifs is 1. The zero-order valence-electron chi connectivity index (χ0n) is 12.2. The third kappa shape index (κ3) is 3.05. The van der Waals surface area contributed by atoms with E-state index >= 15 is 0 Å². The van der Waals surface area contributed by atoms with Crippen LogP contribution in [-0.2, 0) is 17.9 Å². The molecule has 1 aromatic carbocycles. The molecule has 0 atom stereocenters. The molecule has 108 valence electrons. The van der Waals surface area contributed by atoms with Crippen LogP contribution in [-0.4, -0.2) is 13.2 Å². The zero-order valence-corrected chi connectivity index (χ0v) is 13.0.